The zero-order valence-electron chi connectivity index (χ0n) is 9.92. The second kappa shape index (κ2) is 4.33. The van der Waals surface area contributed by atoms with Gasteiger partial charge in [0.25, 0.3) is 0 Å². The number of anilines is 2. The highest BCUT2D eigenvalue weighted by Gasteiger charge is 2.17. The Labute approximate surface area is 100 Å². The van der Waals surface area contributed by atoms with E-state index >= 15 is 0 Å². The number of hydrogen-bond acceptors (Lipinski definition) is 3. The lowest BCUT2D eigenvalue weighted by molar-refractivity contribution is -0.592. The molecule has 1 heterocycles. The average Bonchev–Trinajstić information content (AvgIpc) is 2.30. The van der Waals surface area contributed by atoms with E-state index in [4.69, 9.17) is 5.73 Å². The van der Waals surface area contributed by atoms with Crippen LogP contribution in [0.2, 0.25) is 0 Å². The van der Waals surface area contributed by atoms with Crippen molar-refractivity contribution in [1.82, 2.24) is 0 Å². The van der Waals surface area contributed by atoms with Crippen LogP contribution in [0.25, 0.3) is 11.3 Å². The molecule has 88 valence electrons. The molecule has 0 aliphatic heterocycles. The van der Waals surface area contributed by atoms with E-state index < -0.39 is 0 Å². The van der Waals surface area contributed by atoms with Crippen LogP contribution in [-0.4, -0.2) is 14.1 Å². The molecule has 0 fully saturated rings. The molecule has 4 heteroatoms. The van der Waals surface area contributed by atoms with Crippen molar-refractivity contribution in [3.63, 3.8) is 0 Å². The number of benzene rings is 1. The van der Waals surface area contributed by atoms with Gasteiger partial charge in [-0.1, -0.05) is 18.2 Å². The first-order valence-electron chi connectivity index (χ1n) is 5.35. The summed E-state index contributed by atoms with van der Waals surface area (Å²) in [6.45, 7) is 0. The topological polar surface area (TPSA) is 56.2 Å². The Morgan fingerprint density at radius 3 is 2.35 bits per heavy atom. The highest BCUT2D eigenvalue weighted by Crippen LogP contribution is 2.29. The quantitative estimate of drug-likeness (QED) is 0.629. The van der Waals surface area contributed by atoms with Gasteiger partial charge < -0.3 is 15.8 Å². The summed E-state index contributed by atoms with van der Waals surface area (Å²) in [4.78, 5) is 1.89. The van der Waals surface area contributed by atoms with Crippen LogP contribution in [0.1, 0.15) is 0 Å². The normalized spacial score (nSPS) is 10.2. The van der Waals surface area contributed by atoms with Crippen molar-refractivity contribution in [3.05, 3.63) is 47.8 Å². The van der Waals surface area contributed by atoms with Crippen LogP contribution in [0.15, 0.2) is 42.6 Å². The van der Waals surface area contributed by atoms with Crippen LogP contribution in [-0.2, 0) is 0 Å². The van der Waals surface area contributed by atoms with Crippen molar-refractivity contribution in [2.75, 3.05) is 24.7 Å². The van der Waals surface area contributed by atoms with Crippen LogP contribution < -0.4 is 15.4 Å². The first kappa shape index (κ1) is 11.3. The molecule has 4 nitrogen and oxygen atoms in total. The molecule has 0 radical (unpaired) electrons. The van der Waals surface area contributed by atoms with Gasteiger partial charge in [0, 0.05) is 25.7 Å². The molecule has 0 spiro atoms. The Morgan fingerprint density at radius 2 is 1.76 bits per heavy atom. The summed E-state index contributed by atoms with van der Waals surface area (Å²) in [5.74, 6) is 0. The first-order chi connectivity index (χ1) is 8.11. The molecule has 0 aliphatic carbocycles. The third kappa shape index (κ3) is 2.01. The standard InChI is InChI=1S/C13H15N3O/c1-15(2)11-8-9-16(17)13(12(11)14)10-6-4-3-5-7-10/h3-9H,14H2,1-2H3. The maximum absolute atomic E-state index is 11.8. The maximum Gasteiger partial charge on any atom is 0.249 e. The van der Waals surface area contributed by atoms with E-state index in [0.29, 0.717) is 11.4 Å². The summed E-state index contributed by atoms with van der Waals surface area (Å²) in [7, 11) is 3.80. The number of hydrogen-bond donors (Lipinski definition) is 1. The van der Waals surface area contributed by atoms with Gasteiger partial charge in [-0.05, 0) is 12.1 Å². The van der Waals surface area contributed by atoms with Crippen LogP contribution in [0.5, 0.6) is 0 Å². The van der Waals surface area contributed by atoms with Crippen molar-refractivity contribution in [2.24, 2.45) is 0 Å². The Hall–Kier alpha value is -2.23. The summed E-state index contributed by atoms with van der Waals surface area (Å²) in [5, 5.41) is 11.8. The minimum absolute atomic E-state index is 0.497. The van der Waals surface area contributed by atoms with Crippen LogP contribution >= 0.6 is 0 Å². The number of aromatic nitrogens is 1. The van der Waals surface area contributed by atoms with E-state index in [0.717, 1.165) is 16.0 Å². The fourth-order valence-corrected chi connectivity index (χ4v) is 1.81. The molecule has 17 heavy (non-hydrogen) atoms. The predicted octanol–water partition coefficient (Wildman–Crippen LogP) is 1.64. The summed E-state index contributed by atoms with van der Waals surface area (Å²) in [6, 6.07) is 11.1. The second-order valence-corrected chi connectivity index (χ2v) is 4.05. The molecule has 1 aromatic heterocycles. The number of nitrogens with two attached hydrogens (primary N) is 1. The lowest BCUT2D eigenvalue weighted by Gasteiger charge is -2.17. The summed E-state index contributed by atoms with van der Waals surface area (Å²) in [6.07, 6.45) is 1.48. The number of nitrogen functional groups attached to an aromatic ring is 1. The largest absolute Gasteiger partial charge is 0.618 e. The SMILES string of the molecule is CN(C)c1cc[n+]([O-])c(-c2ccccc2)c1N. The Morgan fingerprint density at radius 1 is 1.12 bits per heavy atom. The average molecular weight is 229 g/mol. The molecule has 2 rings (SSSR count). The van der Waals surface area contributed by atoms with Crippen molar-refractivity contribution in [1.29, 1.82) is 0 Å². The van der Waals surface area contributed by atoms with Gasteiger partial charge in [-0.2, -0.15) is 4.73 Å². The van der Waals surface area contributed by atoms with Crippen molar-refractivity contribution >= 4 is 11.4 Å². The predicted molar refractivity (Wildman–Crippen MR) is 69.6 cm³/mol. The summed E-state index contributed by atoms with van der Waals surface area (Å²) >= 11 is 0. The first-order valence-corrected chi connectivity index (χ1v) is 5.35. The smallest absolute Gasteiger partial charge is 0.249 e. The van der Waals surface area contributed by atoms with Gasteiger partial charge in [0.1, 0.15) is 5.69 Å². The molecular weight excluding hydrogens is 214 g/mol. The van der Waals surface area contributed by atoms with E-state index in [1.165, 1.54) is 6.20 Å². The number of rotatable bonds is 2. The fourth-order valence-electron chi connectivity index (χ4n) is 1.81. The molecule has 0 bridgehead atoms. The lowest BCUT2D eigenvalue weighted by Crippen LogP contribution is -2.30. The van der Waals surface area contributed by atoms with E-state index in [1.807, 2.05) is 49.3 Å². The Kier molecular flexibility index (Phi) is 2.87. The van der Waals surface area contributed by atoms with Gasteiger partial charge in [-0.15, -0.1) is 0 Å². The monoisotopic (exact) mass is 229 g/mol. The van der Waals surface area contributed by atoms with Gasteiger partial charge in [-0.25, -0.2) is 0 Å². The van der Waals surface area contributed by atoms with Gasteiger partial charge in [0.2, 0.25) is 5.69 Å². The van der Waals surface area contributed by atoms with E-state index in [2.05, 4.69) is 0 Å². The second-order valence-electron chi connectivity index (χ2n) is 4.05. The van der Waals surface area contributed by atoms with E-state index in [-0.39, 0.29) is 0 Å². The van der Waals surface area contributed by atoms with Crippen molar-refractivity contribution in [3.8, 4) is 11.3 Å². The molecule has 2 aromatic rings. The summed E-state index contributed by atoms with van der Waals surface area (Å²) < 4.78 is 0.803. The molecule has 2 N–H and O–H groups in total. The molecule has 0 aliphatic rings. The molecule has 0 amide bonds. The van der Waals surface area contributed by atoms with Gasteiger partial charge in [-0.3, -0.25) is 0 Å². The highest BCUT2D eigenvalue weighted by molar-refractivity contribution is 5.80. The Balaban J connectivity index is 2.65. The molecule has 0 atom stereocenters. The molecule has 0 saturated heterocycles. The highest BCUT2D eigenvalue weighted by atomic mass is 16.5. The van der Waals surface area contributed by atoms with Crippen molar-refractivity contribution in [2.45, 2.75) is 0 Å². The summed E-state index contributed by atoms with van der Waals surface area (Å²) in [5.41, 5.74) is 8.72. The zero-order valence-corrected chi connectivity index (χ0v) is 9.92. The van der Waals surface area contributed by atoms with Crippen LogP contribution in [0.3, 0.4) is 0 Å². The fraction of sp³-hybridized carbons (Fsp3) is 0.154. The molecule has 0 saturated carbocycles. The maximum atomic E-state index is 11.8. The molecule has 0 unspecified atom stereocenters. The van der Waals surface area contributed by atoms with Crippen molar-refractivity contribution < 1.29 is 4.73 Å². The van der Waals surface area contributed by atoms with E-state index in [9.17, 15) is 5.21 Å². The third-order valence-corrected chi connectivity index (χ3v) is 2.65. The van der Waals surface area contributed by atoms with Gasteiger partial charge in [0.05, 0.1) is 5.69 Å². The van der Waals surface area contributed by atoms with Crippen LogP contribution in [0, 0.1) is 5.21 Å². The van der Waals surface area contributed by atoms with Gasteiger partial charge >= 0.3 is 0 Å². The number of nitrogens with zero attached hydrogens (tertiary/aromatic N) is 2. The minimum Gasteiger partial charge on any atom is -0.618 e. The van der Waals surface area contributed by atoms with Gasteiger partial charge in [0.15, 0.2) is 6.20 Å². The zero-order chi connectivity index (χ0) is 12.4. The molecule has 1 aromatic carbocycles. The molecular formula is C13H15N3O. The minimum atomic E-state index is 0.497. The lowest BCUT2D eigenvalue weighted by atomic mass is 10.1. The van der Waals surface area contributed by atoms with Crippen LogP contribution in [0.4, 0.5) is 11.4 Å². The Bertz CT molecular complexity index is 524. The van der Waals surface area contributed by atoms with E-state index in [1.54, 1.807) is 6.07 Å². The number of pyridine rings is 1. The third-order valence-electron chi connectivity index (χ3n) is 2.65.